The molecule has 2 N–H and O–H groups in total. The molecule has 32 heavy (non-hydrogen) atoms. The second-order valence-corrected chi connectivity index (χ2v) is 8.19. The third kappa shape index (κ3) is 4.36. The van der Waals surface area contributed by atoms with Crippen LogP contribution in [0.4, 0.5) is 11.4 Å². The van der Waals surface area contributed by atoms with Gasteiger partial charge in [-0.3, -0.25) is 9.59 Å². The number of methoxy groups -OCH3 is 1. The molecule has 2 aromatic carbocycles. The SMILES string of the molecule is CCCn1c(-c2nc(C(=O)Nc3cc(NC(C)=O)ccc3OC)cs2)cc2ccccc21. The minimum absolute atomic E-state index is 0.195. The van der Waals surface area contributed by atoms with Gasteiger partial charge in [-0.2, -0.15) is 0 Å². The van der Waals surface area contributed by atoms with Gasteiger partial charge in [0.05, 0.1) is 18.5 Å². The molecule has 0 bridgehead atoms. The average Bonchev–Trinajstić information content (AvgIpc) is 3.39. The summed E-state index contributed by atoms with van der Waals surface area (Å²) in [5.74, 6) is -0.0473. The molecule has 4 aromatic rings. The second-order valence-electron chi connectivity index (χ2n) is 7.33. The predicted molar refractivity (Wildman–Crippen MR) is 129 cm³/mol. The number of hydrogen-bond donors (Lipinski definition) is 2. The summed E-state index contributed by atoms with van der Waals surface area (Å²) >= 11 is 1.44. The van der Waals surface area contributed by atoms with Gasteiger partial charge in [0.2, 0.25) is 5.91 Å². The van der Waals surface area contributed by atoms with Crippen LogP contribution in [-0.4, -0.2) is 28.5 Å². The third-order valence-corrected chi connectivity index (χ3v) is 5.85. The molecule has 164 valence electrons. The number of nitrogens with one attached hydrogen (secondary N) is 2. The van der Waals surface area contributed by atoms with Gasteiger partial charge in [0.25, 0.3) is 5.91 Å². The lowest BCUT2D eigenvalue weighted by atomic mass is 10.2. The van der Waals surface area contributed by atoms with Gasteiger partial charge in [-0.1, -0.05) is 25.1 Å². The quantitative estimate of drug-likeness (QED) is 0.397. The fraction of sp³-hybridized carbons (Fsp3) is 0.208. The molecule has 0 aliphatic carbocycles. The summed E-state index contributed by atoms with van der Waals surface area (Å²) in [6.45, 7) is 4.44. The van der Waals surface area contributed by atoms with Crippen LogP contribution in [0, 0.1) is 0 Å². The summed E-state index contributed by atoms with van der Waals surface area (Å²) < 4.78 is 7.59. The fourth-order valence-electron chi connectivity index (χ4n) is 3.62. The molecule has 0 radical (unpaired) electrons. The molecule has 0 atom stereocenters. The Balaban J connectivity index is 1.62. The van der Waals surface area contributed by atoms with E-state index in [0.717, 1.165) is 34.6 Å². The van der Waals surface area contributed by atoms with E-state index in [4.69, 9.17) is 4.74 Å². The topological polar surface area (TPSA) is 85.3 Å². The number of ether oxygens (including phenoxy) is 1. The van der Waals surface area contributed by atoms with Crippen molar-refractivity contribution >= 4 is 45.4 Å². The van der Waals surface area contributed by atoms with Gasteiger partial charge in [0.1, 0.15) is 16.5 Å². The highest BCUT2D eigenvalue weighted by Gasteiger charge is 2.18. The van der Waals surface area contributed by atoms with Crippen LogP contribution in [0.25, 0.3) is 21.6 Å². The maximum absolute atomic E-state index is 12.9. The Kier molecular flexibility index (Phi) is 6.23. The van der Waals surface area contributed by atoms with Crippen LogP contribution in [0.15, 0.2) is 53.9 Å². The minimum Gasteiger partial charge on any atom is -0.495 e. The van der Waals surface area contributed by atoms with Crippen molar-refractivity contribution in [3.8, 4) is 16.5 Å². The zero-order valence-corrected chi connectivity index (χ0v) is 19.0. The van der Waals surface area contributed by atoms with Crippen LogP contribution >= 0.6 is 11.3 Å². The predicted octanol–water partition coefficient (Wildman–Crippen LogP) is 5.39. The Hall–Kier alpha value is -3.65. The number of fused-ring (bicyclic) bond motifs is 1. The van der Waals surface area contributed by atoms with E-state index in [2.05, 4.69) is 45.3 Å². The van der Waals surface area contributed by atoms with Crippen molar-refractivity contribution in [2.24, 2.45) is 0 Å². The van der Waals surface area contributed by atoms with Crippen molar-refractivity contribution in [2.75, 3.05) is 17.7 Å². The fourth-order valence-corrected chi connectivity index (χ4v) is 4.44. The van der Waals surface area contributed by atoms with E-state index in [1.165, 1.54) is 25.4 Å². The van der Waals surface area contributed by atoms with E-state index in [9.17, 15) is 9.59 Å². The molecule has 2 amide bonds. The summed E-state index contributed by atoms with van der Waals surface area (Å²) in [6.07, 6.45) is 0.995. The van der Waals surface area contributed by atoms with Crippen molar-refractivity contribution in [3.63, 3.8) is 0 Å². The van der Waals surface area contributed by atoms with E-state index in [0.29, 0.717) is 22.8 Å². The zero-order valence-electron chi connectivity index (χ0n) is 18.1. The molecule has 2 aromatic heterocycles. The molecule has 0 spiro atoms. The highest BCUT2D eigenvalue weighted by Crippen LogP contribution is 2.32. The lowest BCUT2D eigenvalue weighted by Crippen LogP contribution is -2.14. The highest BCUT2D eigenvalue weighted by molar-refractivity contribution is 7.13. The number of carbonyl (C=O) groups is 2. The molecule has 7 nitrogen and oxygen atoms in total. The Morgan fingerprint density at radius 2 is 1.94 bits per heavy atom. The van der Waals surface area contributed by atoms with Gasteiger partial charge in [-0.05, 0) is 36.8 Å². The van der Waals surface area contributed by atoms with E-state index < -0.39 is 0 Å². The first kappa shape index (κ1) is 21.6. The lowest BCUT2D eigenvalue weighted by molar-refractivity contribution is -0.114. The minimum atomic E-state index is -0.344. The number of aryl methyl sites for hydroxylation is 1. The van der Waals surface area contributed by atoms with Gasteiger partial charge in [0, 0.05) is 35.4 Å². The van der Waals surface area contributed by atoms with Gasteiger partial charge in [-0.25, -0.2) is 4.98 Å². The smallest absolute Gasteiger partial charge is 0.275 e. The van der Waals surface area contributed by atoms with Gasteiger partial charge in [0.15, 0.2) is 0 Å². The molecular weight excluding hydrogens is 424 g/mol. The van der Waals surface area contributed by atoms with E-state index in [1.54, 1.807) is 23.6 Å². The second kappa shape index (κ2) is 9.23. The summed E-state index contributed by atoms with van der Waals surface area (Å²) in [6, 6.07) is 15.4. The number of carbonyl (C=O) groups excluding carboxylic acids is 2. The Labute approximate surface area is 190 Å². The molecule has 0 unspecified atom stereocenters. The molecular formula is C24H24N4O3S. The largest absolute Gasteiger partial charge is 0.495 e. The lowest BCUT2D eigenvalue weighted by Gasteiger charge is -2.11. The molecule has 0 saturated heterocycles. The molecule has 0 fully saturated rings. The van der Waals surface area contributed by atoms with Crippen molar-refractivity contribution in [1.29, 1.82) is 0 Å². The van der Waals surface area contributed by atoms with E-state index >= 15 is 0 Å². The maximum Gasteiger partial charge on any atom is 0.275 e. The number of anilines is 2. The highest BCUT2D eigenvalue weighted by atomic mass is 32.1. The molecule has 0 saturated carbocycles. The first-order valence-corrected chi connectivity index (χ1v) is 11.2. The Bertz CT molecular complexity index is 1290. The number of aromatic nitrogens is 2. The van der Waals surface area contributed by atoms with Gasteiger partial charge >= 0.3 is 0 Å². The number of hydrogen-bond acceptors (Lipinski definition) is 5. The number of para-hydroxylation sites is 1. The number of rotatable bonds is 7. The first-order valence-electron chi connectivity index (χ1n) is 10.3. The number of benzene rings is 2. The summed E-state index contributed by atoms with van der Waals surface area (Å²) in [7, 11) is 1.52. The van der Waals surface area contributed by atoms with Crippen molar-refractivity contribution in [1.82, 2.24) is 9.55 Å². The van der Waals surface area contributed by atoms with Crippen molar-refractivity contribution in [3.05, 3.63) is 59.6 Å². The monoisotopic (exact) mass is 448 g/mol. The number of amides is 2. The molecule has 2 heterocycles. The molecule has 0 aliphatic heterocycles. The van der Waals surface area contributed by atoms with Crippen LogP contribution in [0.3, 0.4) is 0 Å². The van der Waals surface area contributed by atoms with Crippen LogP contribution in [0.5, 0.6) is 5.75 Å². The zero-order chi connectivity index (χ0) is 22.7. The number of thiazole rings is 1. The first-order chi connectivity index (χ1) is 15.5. The van der Waals surface area contributed by atoms with E-state index in [-0.39, 0.29) is 11.8 Å². The summed E-state index contributed by atoms with van der Waals surface area (Å²) in [5.41, 5.74) is 3.51. The summed E-state index contributed by atoms with van der Waals surface area (Å²) in [5, 5.41) is 9.24. The van der Waals surface area contributed by atoms with Crippen molar-refractivity contribution in [2.45, 2.75) is 26.8 Å². The average molecular weight is 449 g/mol. The molecule has 8 heteroatoms. The number of nitrogens with zero attached hydrogens (tertiary/aromatic N) is 2. The van der Waals surface area contributed by atoms with Crippen LogP contribution < -0.4 is 15.4 Å². The Morgan fingerprint density at radius 3 is 2.69 bits per heavy atom. The van der Waals surface area contributed by atoms with Crippen LogP contribution in [-0.2, 0) is 11.3 Å². The van der Waals surface area contributed by atoms with Gasteiger partial charge in [-0.15, -0.1) is 11.3 Å². The van der Waals surface area contributed by atoms with Crippen LogP contribution in [0.1, 0.15) is 30.8 Å². The maximum atomic E-state index is 12.9. The molecule has 0 aliphatic rings. The standard InChI is InChI=1S/C24H24N4O3S/c1-4-11-28-20-8-6-5-7-16(20)12-21(28)24-27-19(14-32-24)23(30)26-18-13-17(25-15(2)29)9-10-22(18)31-3/h5-10,12-14H,4,11H2,1-3H3,(H,25,29)(H,26,30). The summed E-state index contributed by atoms with van der Waals surface area (Å²) in [4.78, 5) is 28.9. The normalized spacial score (nSPS) is 10.8. The molecule has 4 rings (SSSR count). The third-order valence-electron chi connectivity index (χ3n) is 4.98. The van der Waals surface area contributed by atoms with Crippen molar-refractivity contribution < 1.29 is 14.3 Å². The van der Waals surface area contributed by atoms with Gasteiger partial charge < -0.3 is 19.9 Å². The van der Waals surface area contributed by atoms with E-state index in [1.807, 2.05) is 12.1 Å². The van der Waals surface area contributed by atoms with Crippen LogP contribution in [0.2, 0.25) is 0 Å². The Morgan fingerprint density at radius 1 is 1.12 bits per heavy atom.